The number of hydrogen-bond donors (Lipinski definition) is 1. The number of thioether (sulfide) groups is 1. The Hall–Kier alpha value is -2.46. The van der Waals surface area contributed by atoms with E-state index in [0.29, 0.717) is 26.2 Å². The normalized spacial score (nSPS) is 15.1. The molecule has 7 nitrogen and oxygen atoms in total. The first-order chi connectivity index (χ1) is 13.8. The summed E-state index contributed by atoms with van der Waals surface area (Å²) in [5.41, 5.74) is 0.840. The molecule has 0 spiro atoms. The zero-order valence-electron chi connectivity index (χ0n) is 14.4. The molecule has 0 bridgehead atoms. The Morgan fingerprint density at radius 3 is 2.59 bits per heavy atom. The van der Waals surface area contributed by atoms with Crippen LogP contribution in [0.4, 0.5) is 11.4 Å². The zero-order valence-corrected chi connectivity index (χ0v) is 17.6. The first-order valence-electron chi connectivity index (χ1n) is 8.00. The molecule has 1 aliphatic rings. The highest BCUT2D eigenvalue weighted by Gasteiger charge is 2.33. The second kappa shape index (κ2) is 8.91. The molecule has 1 saturated heterocycles. The average molecular weight is 468 g/mol. The van der Waals surface area contributed by atoms with Crippen molar-refractivity contribution in [1.82, 2.24) is 4.90 Å². The second-order valence-electron chi connectivity index (χ2n) is 5.76. The highest BCUT2D eigenvalue weighted by molar-refractivity contribution is 8.26. The molecule has 0 aliphatic carbocycles. The largest absolute Gasteiger partial charge is 0.325 e. The Morgan fingerprint density at radius 1 is 1.24 bits per heavy atom. The predicted octanol–water partition coefficient (Wildman–Crippen LogP) is 4.74. The number of rotatable bonds is 5. The van der Waals surface area contributed by atoms with E-state index >= 15 is 0 Å². The summed E-state index contributed by atoms with van der Waals surface area (Å²) in [4.78, 5) is 36.5. The van der Waals surface area contributed by atoms with Crippen molar-refractivity contribution in [2.45, 2.75) is 0 Å². The number of non-ortho nitro benzene ring substituents is 1. The fourth-order valence-electron chi connectivity index (χ4n) is 2.42. The first-order valence-corrected chi connectivity index (χ1v) is 9.98. The molecule has 1 aliphatic heterocycles. The summed E-state index contributed by atoms with van der Waals surface area (Å²) in [6, 6.07) is 10.4. The second-order valence-corrected chi connectivity index (χ2v) is 8.22. The molecule has 1 fully saturated rings. The lowest BCUT2D eigenvalue weighted by molar-refractivity contribution is -0.384. The lowest BCUT2D eigenvalue weighted by atomic mass is 10.2. The molecule has 11 heteroatoms. The van der Waals surface area contributed by atoms with Crippen LogP contribution in [0.3, 0.4) is 0 Å². The molecule has 2 aromatic rings. The van der Waals surface area contributed by atoms with Gasteiger partial charge >= 0.3 is 0 Å². The number of hydrogen-bond acceptors (Lipinski definition) is 6. The molecular formula is C18H11Cl2N3O4S2. The van der Waals surface area contributed by atoms with Gasteiger partial charge in [0.15, 0.2) is 0 Å². The fourth-order valence-corrected chi connectivity index (χ4v) is 4.03. The van der Waals surface area contributed by atoms with Crippen LogP contribution in [0.15, 0.2) is 47.4 Å². The van der Waals surface area contributed by atoms with Gasteiger partial charge in [0.25, 0.3) is 11.6 Å². The van der Waals surface area contributed by atoms with Crippen LogP contribution in [0.2, 0.25) is 10.0 Å². The summed E-state index contributed by atoms with van der Waals surface area (Å²) in [6.07, 6.45) is 1.57. The van der Waals surface area contributed by atoms with Gasteiger partial charge in [0.05, 0.1) is 19.9 Å². The first kappa shape index (κ1) is 21.3. The molecule has 0 radical (unpaired) electrons. The van der Waals surface area contributed by atoms with E-state index in [4.69, 9.17) is 35.4 Å². The van der Waals surface area contributed by atoms with Crippen molar-refractivity contribution in [3.8, 4) is 0 Å². The SMILES string of the molecule is O=C(CN1C(=O)/C(=C/c2cccc(Cl)c2Cl)SC1=S)Nc1ccc([N+](=O)[O-])cc1. The van der Waals surface area contributed by atoms with Gasteiger partial charge in [0.1, 0.15) is 10.9 Å². The summed E-state index contributed by atoms with van der Waals surface area (Å²) >= 11 is 18.4. The van der Waals surface area contributed by atoms with Crippen molar-refractivity contribution in [1.29, 1.82) is 0 Å². The maximum atomic E-state index is 12.6. The minimum absolute atomic E-state index is 0.0928. The Kier molecular flexibility index (Phi) is 6.53. The molecule has 29 heavy (non-hydrogen) atoms. The third-order valence-electron chi connectivity index (χ3n) is 3.81. The zero-order chi connectivity index (χ0) is 21.1. The monoisotopic (exact) mass is 467 g/mol. The minimum Gasteiger partial charge on any atom is -0.325 e. The Balaban J connectivity index is 1.69. The van der Waals surface area contributed by atoms with E-state index in [1.807, 2.05) is 0 Å². The highest BCUT2D eigenvalue weighted by atomic mass is 35.5. The number of amides is 2. The number of nitro groups is 1. The Labute approximate surface area is 184 Å². The van der Waals surface area contributed by atoms with Gasteiger partial charge in [-0.1, -0.05) is 59.3 Å². The molecule has 0 aromatic heterocycles. The van der Waals surface area contributed by atoms with Crippen molar-refractivity contribution in [3.63, 3.8) is 0 Å². The standard InChI is InChI=1S/C18H11Cl2N3O4S2/c19-13-3-1-2-10(16(13)20)8-14-17(25)22(18(28)29-14)9-15(24)21-11-4-6-12(7-5-11)23(26)27/h1-8H,9H2,(H,21,24)/b14-8-. The molecule has 0 atom stereocenters. The molecular weight excluding hydrogens is 457 g/mol. The van der Waals surface area contributed by atoms with Gasteiger partial charge in [-0.05, 0) is 29.8 Å². The number of nitrogens with zero attached hydrogens (tertiary/aromatic N) is 2. The molecule has 2 amide bonds. The van der Waals surface area contributed by atoms with Gasteiger partial charge in [-0.3, -0.25) is 24.6 Å². The molecule has 0 saturated carbocycles. The van der Waals surface area contributed by atoms with E-state index in [1.165, 1.54) is 29.2 Å². The van der Waals surface area contributed by atoms with Crippen LogP contribution >= 0.6 is 47.2 Å². The van der Waals surface area contributed by atoms with Crippen LogP contribution in [-0.4, -0.2) is 32.5 Å². The van der Waals surface area contributed by atoms with Gasteiger partial charge in [0, 0.05) is 17.8 Å². The van der Waals surface area contributed by atoms with Crippen molar-refractivity contribution in [2.75, 3.05) is 11.9 Å². The van der Waals surface area contributed by atoms with Crippen molar-refractivity contribution in [2.24, 2.45) is 0 Å². The topological polar surface area (TPSA) is 92.6 Å². The van der Waals surface area contributed by atoms with E-state index in [1.54, 1.807) is 24.3 Å². The third-order valence-corrected chi connectivity index (χ3v) is 6.02. The van der Waals surface area contributed by atoms with Crippen molar-refractivity contribution in [3.05, 3.63) is 73.1 Å². The number of anilines is 1. The molecule has 1 N–H and O–H groups in total. The summed E-state index contributed by atoms with van der Waals surface area (Å²) < 4.78 is 0.234. The summed E-state index contributed by atoms with van der Waals surface area (Å²) in [5, 5.41) is 13.9. The molecule has 1 heterocycles. The number of thiocarbonyl (C=S) groups is 1. The number of nitrogens with one attached hydrogen (secondary N) is 1. The highest BCUT2D eigenvalue weighted by Crippen LogP contribution is 2.35. The van der Waals surface area contributed by atoms with Crippen molar-refractivity contribution < 1.29 is 14.5 Å². The van der Waals surface area contributed by atoms with Crippen LogP contribution in [0.1, 0.15) is 5.56 Å². The number of carbonyl (C=O) groups is 2. The molecule has 3 rings (SSSR count). The fraction of sp³-hybridized carbons (Fsp3) is 0.0556. The van der Waals surface area contributed by atoms with Gasteiger partial charge in [-0.25, -0.2) is 0 Å². The van der Waals surface area contributed by atoms with E-state index in [2.05, 4.69) is 5.32 Å². The minimum atomic E-state index is -0.538. The van der Waals surface area contributed by atoms with Crippen LogP contribution in [-0.2, 0) is 9.59 Å². The third kappa shape index (κ3) is 4.94. The summed E-state index contributed by atoms with van der Waals surface area (Å²) in [5.74, 6) is -0.910. The number of nitro benzene ring substituents is 1. The predicted molar refractivity (Wildman–Crippen MR) is 118 cm³/mol. The maximum Gasteiger partial charge on any atom is 0.269 e. The Bertz CT molecular complexity index is 1060. The Morgan fingerprint density at radius 2 is 1.93 bits per heavy atom. The van der Waals surface area contributed by atoms with Gasteiger partial charge < -0.3 is 5.32 Å². The maximum absolute atomic E-state index is 12.6. The molecule has 0 unspecified atom stereocenters. The van der Waals surface area contributed by atoms with E-state index in [-0.39, 0.29) is 16.6 Å². The van der Waals surface area contributed by atoms with Gasteiger partial charge in [-0.15, -0.1) is 0 Å². The quantitative estimate of drug-likeness (QED) is 0.295. The number of benzene rings is 2. The van der Waals surface area contributed by atoms with Crippen LogP contribution in [0, 0.1) is 10.1 Å². The van der Waals surface area contributed by atoms with Gasteiger partial charge in [-0.2, -0.15) is 0 Å². The van der Waals surface area contributed by atoms with Crippen LogP contribution < -0.4 is 5.32 Å². The summed E-state index contributed by atoms with van der Waals surface area (Å²) in [7, 11) is 0. The number of carbonyl (C=O) groups excluding carboxylic acids is 2. The van der Waals surface area contributed by atoms with Crippen LogP contribution in [0.25, 0.3) is 6.08 Å². The summed E-state index contributed by atoms with van der Waals surface area (Å²) in [6.45, 7) is -0.289. The van der Waals surface area contributed by atoms with E-state index < -0.39 is 16.7 Å². The lowest BCUT2D eigenvalue weighted by Gasteiger charge is -2.14. The molecule has 148 valence electrons. The van der Waals surface area contributed by atoms with E-state index in [9.17, 15) is 19.7 Å². The number of halogens is 2. The lowest BCUT2D eigenvalue weighted by Crippen LogP contribution is -2.36. The van der Waals surface area contributed by atoms with Gasteiger partial charge in [0.2, 0.25) is 5.91 Å². The van der Waals surface area contributed by atoms with Crippen LogP contribution in [0.5, 0.6) is 0 Å². The molecule has 2 aromatic carbocycles. The van der Waals surface area contributed by atoms with Crippen molar-refractivity contribution >= 4 is 80.8 Å². The smallest absolute Gasteiger partial charge is 0.269 e. The average Bonchev–Trinajstić information content (AvgIpc) is 2.93. The van der Waals surface area contributed by atoms with E-state index in [0.717, 1.165) is 11.8 Å².